The summed E-state index contributed by atoms with van der Waals surface area (Å²) in [4.78, 5) is 0. The van der Waals surface area contributed by atoms with Gasteiger partial charge in [-0.3, -0.25) is 0 Å². The van der Waals surface area contributed by atoms with Crippen molar-refractivity contribution in [2.24, 2.45) is 5.41 Å². The van der Waals surface area contributed by atoms with Crippen LogP contribution in [0.1, 0.15) is 39.2 Å². The Morgan fingerprint density at radius 1 is 1.18 bits per heavy atom. The third-order valence-corrected chi connectivity index (χ3v) is 3.28. The zero-order valence-corrected chi connectivity index (χ0v) is 11.4. The second-order valence-electron chi connectivity index (χ2n) is 5.67. The fraction of sp³-hybridized carbons (Fsp3) is 0.600. The van der Waals surface area contributed by atoms with E-state index in [4.69, 9.17) is 0 Å². The first kappa shape index (κ1) is 14.2. The van der Waals surface area contributed by atoms with Crippen molar-refractivity contribution in [3.63, 3.8) is 0 Å². The third-order valence-electron chi connectivity index (χ3n) is 3.28. The molecule has 0 aliphatic heterocycles. The van der Waals surface area contributed by atoms with Crippen molar-refractivity contribution in [2.75, 3.05) is 13.2 Å². The molecule has 1 unspecified atom stereocenters. The molecule has 0 aliphatic carbocycles. The van der Waals surface area contributed by atoms with E-state index in [0.29, 0.717) is 12.0 Å². The second-order valence-corrected chi connectivity index (χ2v) is 5.67. The van der Waals surface area contributed by atoms with Crippen LogP contribution in [-0.2, 0) is 0 Å². The molecule has 0 fully saturated rings. The molecule has 0 saturated heterocycles. The lowest BCUT2D eigenvalue weighted by molar-refractivity contribution is 0.128. The molecule has 17 heavy (non-hydrogen) atoms. The molecule has 0 aliphatic rings. The van der Waals surface area contributed by atoms with Gasteiger partial charge in [0.1, 0.15) is 0 Å². The summed E-state index contributed by atoms with van der Waals surface area (Å²) in [7, 11) is 0. The van der Waals surface area contributed by atoms with Gasteiger partial charge in [0.15, 0.2) is 0 Å². The van der Waals surface area contributed by atoms with Gasteiger partial charge in [0.25, 0.3) is 0 Å². The summed E-state index contributed by atoms with van der Waals surface area (Å²) in [5, 5.41) is 13.0. The van der Waals surface area contributed by atoms with E-state index < -0.39 is 0 Å². The van der Waals surface area contributed by atoms with E-state index in [0.717, 1.165) is 6.54 Å². The number of rotatable bonds is 6. The summed E-state index contributed by atoms with van der Waals surface area (Å²) >= 11 is 0. The number of hydrogen-bond acceptors (Lipinski definition) is 2. The Bertz CT molecular complexity index is 319. The Balaban J connectivity index is 2.87. The number of benzene rings is 1. The normalized spacial score (nSPS) is 14.0. The van der Waals surface area contributed by atoms with Crippen molar-refractivity contribution < 1.29 is 5.11 Å². The molecule has 1 atom stereocenters. The minimum Gasteiger partial charge on any atom is -0.396 e. The van der Waals surface area contributed by atoms with Crippen LogP contribution in [0.5, 0.6) is 0 Å². The fourth-order valence-corrected chi connectivity index (χ4v) is 1.99. The number of aliphatic hydroxyl groups is 1. The first-order valence-corrected chi connectivity index (χ1v) is 6.36. The average Bonchev–Trinajstić information content (AvgIpc) is 2.30. The van der Waals surface area contributed by atoms with E-state index in [-0.39, 0.29) is 12.0 Å². The third kappa shape index (κ3) is 4.14. The molecular weight excluding hydrogens is 210 g/mol. The van der Waals surface area contributed by atoms with Crippen LogP contribution < -0.4 is 5.32 Å². The van der Waals surface area contributed by atoms with Crippen molar-refractivity contribution in [3.8, 4) is 0 Å². The summed E-state index contributed by atoms with van der Waals surface area (Å²) in [6.07, 6.45) is 0. The smallest absolute Gasteiger partial charge is 0.0488 e. The molecule has 0 saturated carbocycles. The Kier molecular flexibility index (Phi) is 5.16. The number of nitrogens with one attached hydrogen (secondary N) is 1. The summed E-state index contributed by atoms with van der Waals surface area (Å²) in [5.41, 5.74) is 1.18. The first-order valence-electron chi connectivity index (χ1n) is 6.36. The van der Waals surface area contributed by atoms with E-state index in [1.807, 2.05) is 6.07 Å². The van der Waals surface area contributed by atoms with Gasteiger partial charge >= 0.3 is 0 Å². The maximum absolute atomic E-state index is 9.56. The average molecular weight is 235 g/mol. The quantitative estimate of drug-likeness (QED) is 0.794. The topological polar surface area (TPSA) is 32.3 Å². The number of hydrogen-bond donors (Lipinski definition) is 2. The maximum Gasteiger partial charge on any atom is 0.0488 e. The molecule has 0 spiro atoms. The lowest BCUT2D eigenvalue weighted by Gasteiger charge is -2.34. The van der Waals surface area contributed by atoms with Crippen molar-refractivity contribution in [1.29, 1.82) is 0 Å². The van der Waals surface area contributed by atoms with Crippen molar-refractivity contribution in [2.45, 2.75) is 39.7 Å². The van der Waals surface area contributed by atoms with Crippen LogP contribution in [0, 0.1) is 5.41 Å². The molecule has 2 heteroatoms. The minimum absolute atomic E-state index is 0.108. The molecule has 1 aromatic carbocycles. The molecule has 1 rings (SSSR count). The molecule has 0 bridgehead atoms. The van der Waals surface area contributed by atoms with Gasteiger partial charge < -0.3 is 10.4 Å². The van der Waals surface area contributed by atoms with Crippen molar-refractivity contribution in [1.82, 2.24) is 5.32 Å². The highest BCUT2D eigenvalue weighted by atomic mass is 16.3. The van der Waals surface area contributed by atoms with Crippen LogP contribution in [0.4, 0.5) is 0 Å². The van der Waals surface area contributed by atoms with Gasteiger partial charge in [0.05, 0.1) is 0 Å². The van der Waals surface area contributed by atoms with Crippen LogP contribution in [0.15, 0.2) is 30.3 Å². The largest absolute Gasteiger partial charge is 0.396 e. The van der Waals surface area contributed by atoms with Gasteiger partial charge in [-0.15, -0.1) is 0 Å². The minimum atomic E-state index is -0.108. The zero-order valence-electron chi connectivity index (χ0n) is 11.4. The van der Waals surface area contributed by atoms with Gasteiger partial charge in [-0.1, -0.05) is 58.0 Å². The predicted molar refractivity (Wildman–Crippen MR) is 73.2 cm³/mol. The summed E-state index contributed by atoms with van der Waals surface area (Å²) in [6.45, 7) is 9.63. The molecule has 2 nitrogen and oxygen atoms in total. The standard InChI is InChI=1S/C15H25NO/c1-12(2)16-10-14(15(3,4)11-17)13-8-6-5-7-9-13/h5-9,12,14,16-17H,10-11H2,1-4H3. The Morgan fingerprint density at radius 3 is 2.24 bits per heavy atom. The maximum atomic E-state index is 9.56. The van der Waals surface area contributed by atoms with Gasteiger partial charge in [0.2, 0.25) is 0 Å². The fourth-order valence-electron chi connectivity index (χ4n) is 1.99. The van der Waals surface area contributed by atoms with E-state index >= 15 is 0 Å². The monoisotopic (exact) mass is 235 g/mol. The van der Waals surface area contributed by atoms with E-state index in [1.54, 1.807) is 0 Å². The Labute approximate surface area is 105 Å². The Hall–Kier alpha value is -0.860. The number of aliphatic hydroxyl groups excluding tert-OH is 1. The van der Waals surface area contributed by atoms with E-state index in [9.17, 15) is 5.11 Å². The first-order chi connectivity index (χ1) is 7.97. The summed E-state index contributed by atoms with van der Waals surface area (Å²) in [6, 6.07) is 10.9. The van der Waals surface area contributed by atoms with Gasteiger partial charge in [-0.05, 0) is 11.0 Å². The molecule has 96 valence electrons. The van der Waals surface area contributed by atoms with Crippen LogP contribution >= 0.6 is 0 Å². The summed E-state index contributed by atoms with van der Waals surface area (Å²) < 4.78 is 0. The lowest BCUT2D eigenvalue weighted by atomic mass is 9.75. The zero-order chi connectivity index (χ0) is 12.9. The van der Waals surface area contributed by atoms with E-state index in [1.165, 1.54) is 5.56 Å². The molecular formula is C15H25NO. The molecule has 1 aromatic rings. The van der Waals surface area contributed by atoms with Gasteiger partial charge in [-0.2, -0.15) is 0 Å². The second kappa shape index (κ2) is 6.18. The lowest BCUT2D eigenvalue weighted by Crippen LogP contribution is -2.36. The van der Waals surface area contributed by atoms with Gasteiger partial charge in [0, 0.05) is 25.1 Å². The van der Waals surface area contributed by atoms with Gasteiger partial charge in [-0.25, -0.2) is 0 Å². The van der Waals surface area contributed by atoms with Crippen LogP contribution in [0.25, 0.3) is 0 Å². The molecule has 0 amide bonds. The highest BCUT2D eigenvalue weighted by molar-refractivity contribution is 5.22. The molecule has 0 aromatic heterocycles. The van der Waals surface area contributed by atoms with Crippen molar-refractivity contribution >= 4 is 0 Å². The van der Waals surface area contributed by atoms with Crippen LogP contribution in [-0.4, -0.2) is 24.3 Å². The molecule has 0 radical (unpaired) electrons. The van der Waals surface area contributed by atoms with Crippen molar-refractivity contribution in [3.05, 3.63) is 35.9 Å². The Morgan fingerprint density at radius 2 is 1.76 bits per heavy atom. The van der Waals surface area contributed by atoms with Crippen LogP contribution in [0.2, 0.25) is 0 Å². The molecule has 2 N–H and O–H groups in total. The van der Waals surface area contributed by atoms with E-state index in [2.05, 4.69) is 57.3 Å². The summed E-state index contributed by atoms with van der Waals surface area (Å²) in [5.74, 6) is 0.330. The SMILES string of the molecule is CC(C)NCC(c1ccccc1)C(C)(C)CO. The predicted octanol–water partition coefficient (Wildman–Crippen LogP) is 2.79. The highest BCUT2D eigenvalue weighted by Gasteiger charge is 2.29. The van der Waals surface area contributed by atoms with Crippen LogP contribution in [0.3, 0.4) is 0 Å². The molecule has 0 heterocycles. The highest BCUT2D eigenvalue weighted by Crippen LogP contribution is 2.34.